The van der Waals surface area contributed by atoms with Crippen LogP contribution in [-0.2, 0) is 22.5 Å². The summed E-state index contributed by atoms with van der Waals surface area (Å²) in [6.07, 6.45) is 0.962. The summed E-state index contributed by atoms with van der Waals surface area (Å²) in [4.78, 5) is 31.6. The monoisotopic (exact) mass is 552 g/mol. The Morgan fingerprint density at radius 1 is 1.07 bits per heavy atom. The molecule has 6 rings (SSSR count). The van der Waals surface area contributed by atoms with Crippen LogP contribution in [0.5, 0.6) is 5.88 Å². The number of hydrogen-bond acceptors (Lipinski definition) is 6. The maximum atomic E-state index is 13.1. The molecule has 1 unspecified atom stereocenters. The Bertz CT molecular complexity index is 1650. The summed E-state index contributed by atoms with van der Waals surface area (Å²) in [5.41, 5.74) is 5.36. The summed E-state index contributed by atoms with van der Waals surface area (Å²) in [5.74, 6) is -0.941. The van der Waals surface area contributed by atoms with Gasteiger partial charge in [0.15, 0.2) is 0 Å². The molecule has 210 valence electrons. The van der Waals surface area contributed by atoms with Crippen LogP contribution in [-0.4, -0.2) is 64.7 Å². The zero-order valence-corrected chi connectivity index (χ0v) is 22.8. The van der Waals surface area contributed by atoms with E-state index in [0.29, 0.717) is 60.5 Å². The standard InChI is InChI=1S/C32H32N4O5/c1-2-35-27-17-22(32(39)40)8-10-25(27)29(31(35)38)30(20-6-4-3-5-7-20)34-23-9-11-26-21(16-23)12-14-36(26)28(37)18-24-19-33-13-15-41-24/h3-11,16-17,24,33,38H,2,12-15,18-19H2,1H3,(H,39,40). The molecule has 4 aromatic rings. The lowest BCUT2D eigenvalue weighted by atomic mass is 10.00. The first kappa shape index (κ1) is 26.7. The molecule has 3 N–H and O–H groups in total. The fourth-order valence-corrected chi connectivity index (χ4v) is 5.78. The van der Waals surface area contributed by atoms with Gasteiger partial charge in [0.05, 0.1) is 47.2 Å². The SMILES string of the molecule is CCn1c(O)c(C(=Nc2ccc3c(c2)CCN3C(=O)CC2CNCCO2)c2ccccc2)c2ccc(C(=O)O)cc21. The number of carbonyl (C=O) groups excluding carboxylic acids is 1. The van der Waals surface area contributed by atoms with Crippen LogP contribution < -0.4 is 10.2 Å². The number of benzene rings is 3. The van der Waals surface area contributed by atoms with E-state index in [0.717, 1.165) is 29.8 Å². The molecule has 0 aliphatic carbocycles. The number of carboxylic acids is 1. The van der Waals surface area contributed by atoms with Crippen LogP contribution >= 0.6 is 0 Å². The van der Waals surface area contributed by atoms with Crippen molar-refractivity contribution in [2.24, 2.45) is 4.99 Å². The molecule has 9 nitrogen and oxygen atoms in total. The van der Waals surface area contributed by atoms with Gasteiger partial charge in [-0.1, -0.05) is 36.4 Å². The number of aryl methyl sites for hydroxylation is 1. The molecule has 2 aliphatic heterocycles. The first-order valence-corrected chi connectivity index (χ1v) is 13.9. The van der Waals surface area contributed by atoms with Crippen molar-refractivity contribution in [1.82, 2.24) is 9.88 Å². The van der Waals surface area contributed by atoms with Crippen molar-refractivity contribution in [3.63, 3.8) is 0 Å². The summed E-state index contributed by atoms with van der Waals surface area (Å²) < 4.78 is 7.43. The number of amides is 1. The Labute approximate surface area is 237 Å². The lowest BCUT2D eigenvalue weighted by molar-refractivity contribution is -0.121. The normalized spacial score (nSPS) is 17.1. The first-order chi connectivity index (χ1) is 19.9. The molecule has 0 bridgehead atoms. The molecule has 0 radical (unpaired) electrons. The maximum Gasteiger partial charge on any atom is 0.335 e. The Morgan fingerprint density at radius 3 is 2.63 bits per heavy atom. The largest absolute Gasteiger partial charge is 0.494 e. The molecule has 1 fully saturated rings. The lowest BCUT2D eigenvalue weighted by Crippen LogP contribution is -2.42. The van der Waals surface area contributed by atoms with Gasteiger partial charge in [0.2, 0.25) is 11.8 Å². The molecule has 3 heterocycles. The number of anilines is 1. The van der Waals surface area contributed by atoms with Crippen LogP contribution in [0, 0.1) is 0 Å². The second kappa shape index (κ2) is 11.2. The van der Waals surface area contributed by atoms with Gasteiger partial charge in [-0.05, 0) is 49.2 Å². The maximum absolute atomic E-state index is 13.1. The molecule has 0 saturated carbocycles. The molecule has 1 atom stereocenters. The number of fused-ring (bicyclic) bond motifs is 2. The van der Waals surface area contributed by atoms with Crippen molar-refractivity contribution >= 4 is 39.9 Å². The quantitative estimate of drug-likeness (QED) is 0.291. The van der Waals surface area contributed by atoms with Crippen LogP contribution in [0.15, 0.2) is 71.7 Å². The minimum absolute atomic E-state index is 0.0324. The number of nitrogens with one attached hydrogen (secondary N) is 1. The minimum atomic E-state index is -1.03. The van der Waals surface area contributed by atoms with Gasteiger partial charge < -0.3 is 29.7 Å². The molecular formula is C32H32N4O5. The van der Waals surface area contributed by atoms with Crippen molar-refractivity contribution in [3.8, 4) is 5.88 Å². The molecule has 1 aromatic heterocycles. The third-order valence-electron chi connectivity index (χ3n) is 7.79. The fraction of sp³-hybridized carbons (Fsp3) is 0.281. The van der Waals surface area contributed by atoms with E-state index in [9.17, 15) is 19.8 Å². The number of aromatic hydroxyl groups is 1. The number of carbonyl (C=O) groups is 2. The number of rotatable bonds is 7. The summed E-state index contributed by atoms with van der Waals surface area (Å²) >= 11 is 0. The second-order valence-corrected chi connectivity index (χ2v) is 10.3. The highest BCUT2D eigenvalue weighted by Gasteiger charge is 2.28. The van der Waals surface area contributed by atoms with Crippen molar-refractivity contribution < 1.29 is 24.5 Å². The minimum Gasteiger partial charge on any atom is -0.494 e. The van der Waals surface area contributed by atoms with Gasteiger partial charge in [-0.2, -0.15) is 0 Å². The van der Waals surface area contributed by atoms with Crippen LogP contribution in [0.1, 0.15) is 40.4 Å². The molecule has 2 aliphatic rings. The van der Waals surface area contributed by atoms with Crippen molar-refractivity contribution in [1.29, 1.82) is 0 Å². The Hall–Kier alpha value is -4.47. The number of aromatic carboxylic acids is 1. The van der Waals surface area contributed by atoms with Crippen LogP contribution in [0.4, 0.5) is 11.4 Å². The van der Waals surface area contributed by atoms with Crippen molar-refractivity contribution in [2.75, 3.05) is 31.1 Å². The number of ether oxygens (including phenoxy) is 1. The number of aliphatic imine (C=N–C) groups is 1. The summed E-state index contributed by atoms with van der Waals surface area (Å²) in [7, 11) is 0. The number of carboxylic acid groups (broad SMARTS) is 1. The summed E-state index contributed by atoms with van der Waals surface area (Å²) in [6, 6.07) is 20.3. The van der Waals surface area contributed by atoms with E-state index >= 15 is 0 Å². The number of nitrogens with zero attached hydrogens (tertiary/aromatic N) is 3. The second-order valence-electron chi connectivity index (χ2n) is 10.3. The number of aromatic nitrogens is 1. The van der Waals surface area contributed by atoms with Crippen LogP contribution in [0.2, 0.25) is 0 Å². The molecular weight excluding hydrogens is 520 g/mol. The Balaban J connectivity index is 1.40. The fourth-order valence-electron chi connectivity index (χ4n) is 5.78. The van der Waals surface area contributed by atoms with E-state index in [1.807, 2.05) is 60.4 Å². The van der Waals surface area contributed by atoms with E-state index in [-0.39, 0.29) is 23.5 Å². The highest BCUT2D eigenvalue weighted by Crippen LogP contribution is 2.37. The zero-order valence-electron chi connectivity index (χ0n) is 22.8. The average Bonchev–Trinajstić information content (AvgIpc) is 3.54. The van der Waals surface area contributed by atoms with Crippen LogP contribution in [0.3, 0.4) is 0 Å². The average molecular weight is 553 g/mol. The number of morpholine rings is 1. The first-order valence-electron chi connectivity index (χ1n) is 13.9. The van der Waals surface area contributed by atoms with E-state index in [1.54, 1.807) is 22.8 Å². The number of hydrogen-bond donors (Lipinski definition) is 3. The smallest absolute Gasteiger partial charge is 0.335 e. The highest BCUT2D eigenvalue weighted by atomic mass is 16.5. The third-order valence-corrected chi connectivity index (χ3v) is 7.79. The van der Waals surface area contributed by atoms with E-state index in [1.165, 1.54) is 0 Å². The van der Waals surface area contributed by atoms with E-state index in [2.05, 4.69) is 5.32 Å². The van der Waals surface area contributed by atoms with E-state index < -0.39 is 5.97 Å². The molecule has 9 heteroatoms. The van der Waals surface area contributed by atoms with Gasteiger partial charge in [0.1, 0.15) is 0 Å². The predicted octanol–water partition coefficient (Wildman–Crippen LogP) is 4.50. The predicted molar refractivity (Wildman–Crippen MR) is 158 cm³/mol. The van der Waals surface area contributed by atoms with Gasteiger partial charge in [-0.25, -0.2) is 9.79 Å². The van der Waals surface area contributed by atoms with Crippen molar-refractivity contribution in [2.45, 2.75) is 32.4 Å². The topological polar surface area (TPSA) is 116 Å². The lowest BCUT2D eigenvalue weighted by Gasteiger charge is -2.25. The van der Waals surface area contributed by atoms with E-state index in [4.69, 9.17) is 9.73 Å². The summed E-state index contributed by atoms with van der Waals surface area (Å²) in [5, 5.41) is 25.0. The molecule has 1 saturated heterocycles. The van der Waals surface area contributed by atoms with Crippen molar-refractivity contribution in [3.05, 3.63) is 89.0 Å². The molecule has 3 aromatic carbocycles. The van der Waals surface area contributed by atoms with Crippen LogP contribution in [0.25, 0.3) is 10.9 Å². The third kappa shape index (κ3) is 5.10. The molecule has 1 amide bonds. The van der Waals surface area contributed by atoms with Gasteiger partial charge in [0.25, 0.3) is 0 Å². The molecule has 0 spiro atoms. The highest BCUT2D eigenvalue weighted by molar-refractivity contribution is 6.22. The van der Waals surface area contributed by atoms with Gasteiger partial charge >= 0.3 is 5.97 Å². The van der Waals surface area contributed by atoms with Gasteiger partial charge in [-0.15, -0.1) is 0 Å². The van der Waals surface area contributed by atoms with Gasteiger partial charge in [-0.3, -0.25) is 4.79 Å². The molecule has 41 heavy (non-hydrogen) atoms. The van der Waals surface area contributed by atoms with Gasteiger partial charge in [0, 0.05) is 42.8 Å². The zero-order chi connectivity index (χ0) is 28.5. The Morgan fingerprint density at radius 2 is 1.90 bits per heavy atom. The summed E-state index contributed by atoms with van der Waals surface area (Å²) in [6.45, 7) is 5.09. The Kier molecular flexibility index (Phi) is 7.30.